The highest BCUT2D eigenvalue weighted by Gasteiger charge is 2.36. The van der Waals surface area contributed by atoms with Crippen molar-refractivity contribution in [2.75, 3.05) is 0 Å². The lowest BCUT2D eigenvalue weighted by Crippen LogP contribution is -2.23. The highest BCUT2D eigenvalue weighted by atomic mass is 35.5. The molecule has 0 heterocycles. The molecule has 0 nitrogen and oxygen atoms in total. The maximum absolute atomic E-state index is 7.34. The van der Waals surface area contributed by atoms with E-state index in [-0.39, 0.29) is 5.41 Å². The van der Waals surface area contributed by atoms with E-state index in [1.165, 1.54) is 5.56 Å². The molecule has 0 bridgehead atoms. The Bertz CT molecular complexity index is 866. The molecule has 134 valence electrons. The molecule has 0 spiro atoms. The van der Waals surface area contributed by atoms with Crippen LogP contribution in [0.15, 0.2) is 78.9 Å². The van der Waals surface area contributed by atoms with Crippen LogP contribution in [0.3, 0.4) is 0 Å². The zero-order valence-corrected chi connectivity index (χ0v) is 17.0. The van der Waals surface area contributed by atoms with E-state index in [2.05, 4.69) is 57.2 Å². The van der Waals surface area contributed by atoms with Gasteiger partial charge < -0.3 is 0 Å². The number of hydrogen-bond acceptors (Lipinski definition) is 0. The third-order valence-electron chi connectivity index (χ3n) is 5.36. The van der Waals surface area contributed by atoms with Crippen LogP contribution in [0.5, 0.6) is 0 Å². The lowest BCUT2D eigenvalue weighted by atomic mass is 9.79. The molecule has 0 amide bonds. The highest BCUT2D eigenvalue weighted by Crippen LogP contribution is 2.46. The fourth-order valence-electron chi connectivity index (χ4n) is 3.24. The molecule has 0 N–H and O–H groups in total. The van der Waals surface area contributed by atoms with Crippen molar-refractivity contribution in [3.63, 3.8) is 0 Å². The first kappa shape index (κ1) is 19.0. The van der Waals surface area contributed by atoms with E-state index in [1.807, 2.05) is 42.5 Å². The molecule has 0 saturated heterocycles. The molecule has 2 heteroatoms. The topological polar surface area (TPSA) is 0 Å². The van der Waals surface area contributed by atoms with Crippen LogP contribution in [0.1, 0.15) is 49.4 Å². The van der Waals surface area contributed by atoms with E-state index >= 15 is 0 Å². The SMILES string of the molecule is CCC(C)(C)c1ccc(C(Cl)(c2ccccc2)c2ccccc2Cl)cc1. The molecule has 0 aliphatic carbocycles. The van der Waals surface area contributed by atoms with Crippen molar-refractivity contribution < 1.29 is 0 Å². The van der Waals surface area contributed by atoms with Crippen LogP contribution < -0.4 is 0 Å². The van der Waals surface area contributed by atoms with Gasteiger partial charge in [-0.3, -0.25) is 0 Å². The normalized spacial score (nSPS) is 14.0. The van der Waals surface area contributed by atoms with Gasteiger partial charge >= 0.3 is 0 Å². The summed E-state index contributed by atoms with van der Waals surface area (Å²) >= 11 is 13.9. The highest BCUT2D eigenvalue weighted by molar-refractivity contribution is 6.34. The lowest BCUT2D eigenvalue weighted by Gasteiger charge is -2.31. The Morgan fingerprint density at radius 1 is 0.692 bits per heavy atom. The lowest BCUT2D eigenvalue weighted by molar-refractivity contribution is 0.506. The van der Waals surface area contributed by atoms with Gasteiger partial charge in [0, 0.05) is 10.6 Å². The van der Waals surface area contributed by atoms with Gasteiger partial charge in [-0.25, -0.2) is 0 Å². The average Bonchev–Trinajstić information content (AvgIpc) is 2.68. The Hall–Kier alpha value is -1.76. The fourth-order valence-corrected chi connectivity index (χ4v) is 3.98. The second-order valence-electron chi connectivity index (χ2n) is 7.32. The van der Waals surface area contributed by atoms with Crippen molar-refractivity contribution in [2.45, 2.75) is 37.5 Å². The maximum atomic E-state index is 7.34. The Morgan fingerprint density at radius 3 is 1.77 bits per heavy atom. The predicted octanol–water partition coefficient (Wildman–Crippen LogP) is 7.56. The van der Waals surface area contributed by atoms with Crippen molar-refractivity contribution in [3.05, 3.63) is 106 Å². The Balaban J connectivity index is 2.18. The molecule has 0 aromatic heterocycles. The van der Waals surface area contributed by atoms with Crippen LogP contribution in [-0.2, 0) is 10.3 Å². The molecule has 0 aliphatic heterocycles. The van der Waals surface area contributed by atoms with Crippen LogP contribution in [0.4, 0.5) is 0 Å². The molecular weight excluding hydrogens is 359 g/mol. The summed E-state index contributed by atoms with van der Waals surface area (Å²) < 4.78 is 0. The van der Waals surface area contributed by atoms with Gasteiger partial charge in [-0.05, 0) is 34.6 Å². The van der Waals surface area contributed by atoms with E-state index < -0.39 is 4.87 Å². The molecule has 3 aromatic rings. The molecule has 1 unspecified atom stereocenters. The van der Waals surface area contributed by atoms with E-state index in [1.54, 1.807) is 0 Å². The van der Waals surface area contributed by atoms with Gasteiger partial charge in [0.25, 0.3) is 0 Å². The molecule has 26 heavy (non-hydrogen) atoms. The predicted molar refractivity (Wildman–Crippen MR) is 113 cm³/mol. The molecule has 1 atom stereocenters. The van der Waals surface area contributed by atoms with Crippen molar-refractivity contribution in [1.82, 2.24) is 0 Å². The smallest absolute Gasteiger partial charge is 0.103 e. The van der Waals surface area contributed by atoms with E-state index in [9.17, 15) is 0 Å². The van der Waals surface area contributed by atoms with Gasteiger partial charge in [0.15, 0.2) is 0 Å². The Morgan fingerprint density at radius 2 is 1.19 bits per heavy atom. The first-order valence-corrected chi connectivity index (χ1v) is 9.75. The van der Waals surface area contributed by atoms with Gasteiger partial charge in [-0.15, -0.1) is 11.6 Å². The number of halogens is 2. The molecule has 0 fully saturated rings. The van der Waals surface area contributed by atoms with Gasteiger partial charge in [0.05, 0.1) is 0 Å². The van der Waals surface area contributed by atoms with Crippen LogP contribution in [-0.4, -0.2) is 0 Å². The van der Waals surface area contributed by atoms with Crippen molar-refractivity contribution >= 4 is 23.2 Å². The minimum absolute atomic E-state index is 0.143. The van der Waals surface area contributed by atoms with Crippen molar-refractivity contribution in [3.8, 4) is 0 Å². The summed E-state index contributed by atoms with van der Waals surface area (Å²) in [5, 5.41) is 0.671. The number of alkyl halides is 1. The zero-order chi connectivity index (χ0) is 18.8. The van der Waals surface area contributed by atoms with Crippen molar-refractivity contribution in [2.24, 2.45) is 0 Å². The second kappa shape index (κ2) is 7.47. The van der Waals surface area contributed by atoms with Gasteiger partial charge in [-0.1, -0.05) is 105 Å². The molecular formula is C24H24Cl2. The Labute approximate surface area is 166 Å². The minimum atomic E-state index is -0.825. The molecule has 3 aromatic carbocycles. The summed E-state index contributed by atoms with van der Waals surface area (Å²) in [5.41, 5.74) is 4.39. The minimum Gasteiger partial charge on any atom is -0.103 e. The first-order chi connectivity index (χ1) is 12.4. The van der Waals surface area contributed by atoms with Crippen LogP contribution in [0.25, 0.3) is 0 Å². The van der Waals surface area contributed by atoms with Gasteiger partial charge in [-0.2, -0.15) is 0 Å². The fraction of sp³-hybridized carbons (Fsp3) is 0.250. The largest absolute Gasteiger partial charge is 0.121 e. The summed E-state index contributed by atoms with van der Waals surface area (Å²) in [5.74, 6) is 0. The number of hydrogen-bond donors (Lipinski definition) is 0. The van der Waals surface area contributed by atoms with Gasteiger partial charge in [0.2, 0.25) is 0 Å². The van der Waals surface area contributed by atoms with E-state index in [0.717, 1.165) is 23.1 Å². The quantitative estimate of drug-likeness (QED) is 0.315. The summed E-state index contributed by atoms with van der Waals surface area (Å²) in [4.78, 5) is -0.825. The monoisotopic (exact) mass is 382 g/mol. The van der Waals surface area contributed by atoms with Gasteiger partial charge in [0.1, 0.15) is 4.87 Å². The van der Waals surface area contributed by atoms with E-state index in [0.29, 0.717) is 5.02 Å². The summed E-state index contributed by atoms with van der Waals surface area (Å²) in [7, 11) is 0. The third-order valence-corrected chi connectivity index (χ3v) is 6.33. The number of rotatable bonds is 5. The molecule has 3 rings (SSSR count). The first-order valence-electron chi connectivity index (χ1n) is 9.00. The molecule has 0 aliphatic rings. The van der Waals surface area contributed by atoms with Crippen LogP contribution in [0.2, 0.25) is 5.02 Å². The second-order valence-corrected chi connectivity index (χ2v) is 8.29. The summed E-state index contributed by atoms with van der Waals surface area (Å²) in [6, 6.07) is 26.6. The Kier molecular flexibility index (Phi) is 5.46. The number of benzene rings is 3. The standard InChI is InChI=1S/C24H24Cl2/c1-4-23(2,3)18-14-16-20(17-15-18)24(26,19-10-6-5-7-11-19)21-12-8-9-13-22(21)25/h5-17H,4H2,1-3H3. The van der Waals surface area contributed by atoms with Crippen molar-refractivity contribution in [1.29, 1.82) is 0 Å². The summed E-state index contributed by atoms with van der Waals surface area (Å²) in [6.45, 7) is 6.75. The third kappa shape index (κ3) is 3.41. The summed E-state index contributed by atoms with van der Waals surface area (Å²) in [6.07, 6.45) is 1.08. The maximum Gasteiger partial charge on any atom is 0.121 e. The zero-order valence-electron chi connectivity index (χ0n) is 15.5. The molecule has 0 saturated carbocycles. The van der Waals surface area contributed by atoms with Crippen LogP contribution >= 0.6 is 23.2 Å². The molecule has 0 radical (unpaired) electrons. The van der Waals surface area contributed by atoms with E-state index in [4.69, 9.17) is 23.2 Å². The average molecular weight is 383 g/mol. The van der Waals surface area contributed by atoms with Crippen LogP contribution in [0, 0.1) is 0 Å².